The van der Waals surface area contributed by atoms with Gasteiger partial charge in [-0.15, -0.1) is 0 Å². The molecule has 0 spiro atoms. The number of rotatable bonds is 2. The first-order chi connectivity index (χ1) is 27.8. The van der Waals surface area contributed by atoms with Crippen LogP contribution in [0.4, 0.5) is 0 Å². The van der Waals surface area contributed by atoms with Crippen molar-refractivity contribution in [1.82, 2.24) is 9.13 Å². The molecule has 0 bridgehead atoms. The van der Waals surface area contributed by atoms with E-state index in [0.29, 0.717) is 0 Å². The number of hydrogen-bond acceptors (Lipinski definition) is 0. The molecule has 2 aromatic heterocycles. The summed E-state index contributed by atoms with van der Waals surface area (Å²) in [4.78, 5) is 0. The van der Waals surface area contributed by atoms with Crippen molar-refractivity contribution in [2.24, 2.45) is 0 Å². The second-order valence-corrected chi connectivity index (χ2v) is 15.2. The molecule has 2 heterocycles. The summed E-state index contributed by atoms with van der Waals surface area (Å²) in [7, 11) is 0. The van der Waals surface area contributed by atoms with Gasteiger partial charge in [0.1, 0.15) is 0 Å². The number of benzene rings is 11. The minimum atomic E-state index is 1.17. The third-order valence-corrected chi connectivity index (χ3v) is 12.4. The van der Waals surface area contributed by atoms with Gasteiger partial charge in [-0.1, -0.05) is 133 Å². The highest BCUT2D eigenvalue weighted by Gasteiger charge is 2.22. The van der Waals surface area contributed by atoms with E-state index in [1.807, 2.05) is 0 Å². The van der Waals surface area contributed by atoms with E-state index in [9.17, 15) is 0 Å². The summed E-state index contributed by atoms with van der Waals surface area (Å²) in [5.41, 5.74) is 7.25. The van der Waals surface area contributed by atoms with E-state index in [-0.39, 0.29) is 0 Å². The Morgan fingerprint density at radius 3 is 0.946 bits per heavy atom. The van der Waals surface area contributed by atoms with E-state index in [1.165, 1.54) is 120 Å². The number of hydrogen-bond donors (Lipinski definition) is 0. The lowest BCUT2D eigenvalue weighted by Gasteiger charge is -2.17. The molecule has 0 saturated heterocycles. The maximum atomic E-state index is 2.50. The average Bonchev–Trinajstić information content (AvgIpc) is 3.79. The number of nitrogens with zero attached hydrogens (tertiary/aromatic N) is 2. The van der Waals surface area contributed by atoms with Gasteiger partial charge < -0.3 is 9.13 Å². The Labute approximate surface area is 321 Å². The molecule has 0 amide bonds. The lowest BCUT2D eigenvalue weighted by Crippen LogP contribution is -1.93. The fourth-order valence-corrected chi connectivity index (χ4v) is 10.2. The van der Waals surface area contributed by atoms with E-state index in [2.05, 4.69) is 203 Å². The van der Waals surface area contributed by atoms with Gasteiger partial charge in [-0.3, -0.25) is 0 Å². The average molecular weight is 709 g/mol. The predicted octanol–water partition coefficient (Wildman–Crippen LogP) is 14.8. The first kappa shape index (κ1) is 30.0. The summed E-state index contributed by atoms with van der Waals surface area (Å²) in [5, 5.41) is 20.7. The summed E-state index contributed by atoms with van der Waals surface area (Å²) in [5.74, 6) is 0. The van der Waals surface area contributed by atoms with Gasteiger partial charge in [-0.05, 0) is 115 Å². The van der Waals surface area contributed by atoms with Gasteiger partial charge in [0.15, 0.2) is 0 Å². The van der Waals surface area contributed by atoms with Crippen LogP contribution in [-0.2, 0) is 0 Å². The van der Waals surface area contributed by atoms with Crippen molar-refractivity contribution in [3.63, 3.8) is 0 Å². The molecule has 0 aliphatic rings. The van der Waals surface area contributed by atoms with Gasteiger partial charge in [-0.25, -0.2) is 0 Å². The molecule has 2 nitrogen and oxygen atoms in total. The molecule has 13 rings (SSSR count). The van der Waals surface area contributed by atoms with E-state index in [4.69, 9.17) is 0 Å². The molecule has 0 N–H and O–H groups in total. The van der Waals surface area contributed by atoms with Gasteiger partial charge in [0.2, 0.25) is 0 Å². The third kappa shape index (κ3) is 3.85. The highest BCUT2D eigenvalue weighted by Crippen LogP contribution is 2.48. The summed E-state index contributed by atoms with van der Waals surface area (Å²) in [6, 6.07) is 71.9. The van der Waals surface area contributed by atoms with Gasteiger partial charge >= 0.3 is 0 Å². The Morgan fingerprint density at radius 1 is 0.196 bits per heavy atom. The van der Waals surface area contributed by atoms with E-state index in [1.54, 1.807) is 0 Å². The second kappa shape index (κ2) is 11.1. The molecule has 2 heteroatoms. The topological polar surface area (TPSA) is 9.86 Å². The smallest absolute Gasteiger partial charge is 0.0547 e. The van der Waals surface area contributed by atoms with Crippen molar-refractivity contribution in [3.05, 3.63) is 194 Å². The molecule has 11 aromatic carbocycles. The summed E-state index contributed by atoms with van der Waals surface area (Å²) >= 11 is 0. The van der Waals surface area contributed by atoms with Crippen LogP contribution in [0.2, 0.25) is 0 Å². The monoisotopic (exact) mass is 708 g/mol. The van der Waals surface area contributed by atoms with E-state index >= 15 is 0 Å². The lowest BCUT2D eigenvalue weighted by molar-refractivity contribution is 1.18. The lowest BCUT2D eigenvalue weighted by atomic mass is 9.87. The minimum Gasteiger partial charge on any atom is -0.309 e. The quantitative estimate of drug-likeness (QED) is 0.125. The van der Waals surface area contributed by atoms with Crippen LogP contribution in [-0.4, -0.2) is 9.13 Å². The van der Waals surface area contributed by atoms with Crippen LogP contribution in [0.1, 0.15) is 0 Å². The maximum absolute atomic E-state index is 2.50. The Bertz CT molecular complexity index is 3540. The van der Waals surface area contributed by atoms with Crippen LogP contribution in [0.25, 0.3) is 120 Å². The number of aromatic nitrogens is 2. The fourth-order valence-electron chi connectivity index (χ4n) is 10.2. The van der Waals surface area contributed by atoms with E-state index in [0.717, 1.165) is 0 Å². The van der Waals surface area contributed by atoms with Gasteiger partial charge in [0, 0.05) is 43.7 Å². The number of fused-ring (bicyclic) bond motifs is 20. The Kier molecular flexibility index (Phi) is 5.92. The predicted molar refractivity (Wildman–Crippen MR) is 240 cm³/mol. The molecule has 258 valence electrons. The molecule has 0 fully saturated rings. The molecule has 13 aromatic rings. The normalized spacial score (nSPS) is 12.3. The van der Waals surface area contributed by atoms with Gasteiger partial charge in [0.05, 0.1) is 22.1 Å². The van der Waals surface area contributed by atoms with Crippen molar-refractivity contribution in [2.45, 2.75) is 0 Å². The third-order valence-electron chi connectivity index (χ3n) is 12.4. The summed E-state index contributed by atoms with van der Waals surface area (Å²) in [6.45, 7) is 0. The zero-order valence-corrected chi connectivity index (χ0v) is 30.4. The molecule has 0 aliphatic heterocycles. The highest BCUT2D eigenvalue weighted by molar-refractivity contribution is 6.40. The minimum absolute atomic E-state index is 1.17. The van der Waals surface area contributed by atoms with Crippen molar-refractivity contribution >= 4 is 108 Å². The molecule has 0 aliphatic carbocycles. The molecular weight excluding hydrogens is 677 g/mol. The number of para-hydroxylation sites is 4. The van der Waals surface area contributed by atoms with Crippen LogP contribution in [0.5, 0.6) is 0 Å². The Balaban J connectivity index is 1.23. The maximum Gasteiger partial charge on any atom is 0.0547 e. The van der Waals surface area contributed by atoms with Gasteiger partial charge in [0.25, 0.3) is 0 Å². The van der Waals surface area contributed by atoms with Crippen LogP contribution >= 0.6 is 0 Å². The van der Waals surface area contributed by atoms with Crippen LogP contribution < -0.4 is 0 Å². The van der Waals surface area contributed by atoms with Crippen LogP contribution in [0.15, 0.2) is 194 Å². The molecule has 0 atom stereocenters. The zero-order valence-electron chi connectivity index (χ0n) is 30.4. The SMILES string of the molecule is c1ccc(-n2c3ccccc3c3c4c5ccccc5c5cc6c(cc5c4ccc32)c2ccccc2c2c6ccc3c2c2ccccc2n3-c2ccccc2)cc1. The summed E-state index contributed by atoms with van der Waals surface area (Å²) < 4.78 is 4.86. The second-order valence-electron chi connectivity index (χ2n) is 15.2. The molecule has 0 radical (unpaired) electrons. The van der Waals surface area contributed by atoms with Gasteiger partial charge in [-0.2, -0.15) is 0 Å². The van der Waals surface area contributed by atoms with Crippen molar-refractivity contribution in [2.75, 3.05) is 0 Å². The largest absolute Gasteiger partial charge is 0.309 e. The van der Waals surface area contributed by atoms with Crippen LogP contribution in [0, 0.1) is 0 Å². The fraction of sp³-hybridized carbons (Fsp3) is 0. The first-order valence-electron chi connectivity index (χ1n) is 19.4. The molecule has 0 saturated carbocycles. The Hall–Kier alpha value is -7.42. The highest BCUT2D eigenvalue weighted by atomic mass is 15.0. The van der Waals surface area contributed by atoms with E-state index < -0.39 is 0 Å². The standard InChI is InChI=1S/C54H32N2/c1-3-15-33(16-4-1)55-47-25-13-11-23-41(47)53-49(55)29-27-39-45-31-44-36-20-8-10-22-38(36)52-40(46(44)32-43(45)35-19-7-9-21-37(35)51(39)53)28-30-50-54(52)42-24-12-14-26-48(42)56(50)34-17-5-2-6-18-34/h1-32H. The van der Waals surface area contributed by atoms with Crippen molar-refractivity contribution in [3.8, 4) is 11.4 Å². The zero-order chi connectivity index (χ0) is 36.5. The van der Waals surface area contributed by atoms with Crippen molar-refractivity contribution < 1.29 is 0 Å². The summed E-state index contributed by atoms with van der Waals surface area (Å²) in [6.07, 6.45) is 0. The van der Waals surface area contributed by atoms with Crippen molar-refractivity contribution in [1.29, 1.82) is 0 Å². The first-order valence-corrected chi connectivity index (χ1v) is 19.4. The molecule has 0 unspecified atom stereocenters. The molecular formula is C54H32N2. The van der Waals surface area contributed by atoms with Crippen LogP contribution in [0.3, 0.4) is 0 Å². The Morgan fingerprint density at radius 2 is 0.518 bits per heavy atom. The molecule has 56 heavy (non-hydrogen) atoms.